The van der Waals surface area contributed by atoms with Gasteiger partial charge in [-0.15, -0.1) is 13.2 Å². The van der Waals surface area contributed by atoms with Gasteiger partial charge in [0, 0.05) is 24.8 Å². The predicted octanol–water partition coefficient (Wildman–Crippen LogP) is 1.63. The smallest absolute Gasteiger partial charge is 0.384 e. The van der Waals surface area contributed by atoms with Gasteiger partial charge in [0.2, 0.25) is 5.65 Å². The molecule has 0 saturated carbocycles. The normalized spacial score (nSPS) is 11.9. The quantitative estimate of drug-likeness (QED) is 0.707. The molecule has 0 bridgehead atoms. The van der Waals surface area contributed by atoms with Crippen LogP contribution in [0.3, 0.4) is 0 Å². The lowest BCUT2D eigenvalue weighted by atomic mass is 10.6. The number of fused-ring (bicyclic) bond motifs is 1. The Labute approximate surface area is 76.0 Å². The molecule has 74 valence electrons. The second-order valence-corrected chi connectivity index (χ2v) is 2.44. The summed E-state index contributed by atoms with van der Waals surface area (Å²) in [4.78, 5) is 7.12. The molecular weight excluding hydrogens is 199 g/mol. The minimum absolute atomic E-state index is 0.0322. The minimum Gasteiger partial charge on any atom is -0.384 e. The number of imidazole rings is 1. The zero-order valence-electron chi connectivity index (χ0n) is 6.69. The highest BCUT2D eigenvalue weighted by Gasteiger charge is 2.32. The number of nitrogens with zero attached hydrogens (tertiary/aromatic N) is 3. The van der Waals surface area contributed by atoms with Gasteiger partial charge in [-0.25, -0.2) is 9.97 Å². The third-order valence-corrected chi connectivity index (χ3v) is 1.49. The molecule has 2 aromatic rings. The van der Waals surface area contributed by atoms with Crippen LogP contribution in [0.15, 0.2) is 24.8 Å². The molecule has 0 aliphatic heterocycles. The van der Waals surface area contributed by atoms with E-state index in [1.54, 1.807) is 0 Å². The van der Waals surface area contributed by atoms with E-state index in [1.807, 2.05) is 0 Å². The van der Waals surface area contributed by atoms with Crippen LogP contribution in [0.2, 0.25) is 0 Å². The van der Waals surface area contributed by atoms with Crippen LogP contribution in [0.25, 0.3) is 5.65 Å². The van der Waals surface area contributed by atoms with Crippen molar-refractivity contribution in [3.8, 4) is 5.88 Å². The van der Waals surface area contributed by atoms with Crippen LogP contribution in [-0.2, 0) is 0 Å². The van der Waals surface area contributed by atoms with Gasteiger partial charge in [-0.1, -0.05) is 0 Å². The zero-order chi connectivity index (χ0) is 10.2. The fourth-order valence-corrected chi connectivity index (χ4v) is 1.01. The highest BCUT2D eigenvalue weighted by Crippen LogP contribution is 2.23. The van der Waals surface area contributed by atoms with Crippen molar-refractivity contribution in [3.63, 3.8) is 0 Å². The van der Waals surface area contributed by atoms with Crippen molar-refractivity contribution in [1.29, 1.82) is 0 Å². The Morgan fingerprint density at radius 1 is 1.14 bits per heavy atom. The van der Waals surface area contributed by atoms with Crippen molar-refractivity contribution >= 4 is 5.65 Å². The van der Waals surface area contributed by atoms with E-state index < -0.39 is 12.2 Å². The summed E-state index contributed by atoms with van der Waals surface area (Å²) in [5.41, 5.74) is 0.0322. The third kappa shape index (κ3) is 1.61. The molecule has 0 atom stereocenters. The van der Waals surface area contributed by atoms with E-state index in [0.717, 1.165) is 0 Å². The van der Waals surface area contributed by atoms with Gasteiger partial charge in [0.15, 0.2) is 0 Å². The lowest BCUT2D eigenvalue weighted by Crippen LogP contribution is -2.18. The first-order chi connectivity index (χ1) is 6.56. The van der Waals surface area contributed by atoms with Gasteiger partial charge in [0.05, 0.1) is 0 Å². The standard InChI is InChI=1S/C7H4F3N3O/c8-7(9,10)14-6-5-11-1-3-13(5)4-2-12-6/h1-4H. The lowest BCUT2D eigenvalue weighted by Gasteiger charge is -2.07. The van der Waals surface area contributed by atoms with Gasteiger partial charge < -0.3 is 9.14 Å². The highest BCUT2D eigenvalue weighted by molar-refractivity contribution is 5.48. The number of halogens is 3. The lowest BCUT2D eigenvalue weighted by molar-refractivity contribution is -0.275. The Hall–Kier alpha value is -1.79. The minimum atomic E-state index is -4.75. The predicted molar refractivity (Wildman–Crippen MR) is 39.7 cm³/mol. The van der Waals surface area contributed by atoms with Crippen molar-refractivity contribution in [2.45, 2.75) is 6.36 Å². The molecule has 0 aromatic carbocycles. The molecule has 0 aliphatic carbocycles. The van der Waals surface area contributed by atoms with Gasteiger partial charge in [0.25, 0.3) is 5.88 Å². The van der Waals surface area contributed by atoms with E-state index in [2.05, 4.69) is 14.7 Å². The Balaban J connectivity index is 2.46. The Morgan fingerprint density at radius 3 is 2.43 bits per heavy atom. The van der Waals surface area contributed by atoms with E-state index in [9.17, 15) is 13.2 Å². The van der Waals surface area contributed by atoms with Gasteiger partial charge in [0.1, 0.15) is 0 Å². The van der Waals surface area contributed by atoms with Gasteiger partial charge in [-0.3, -0.25) is 0 Å². The fraction of sp³-hybridized carbons (Fsp3) is 0.143. The average Bonchev–Trinajstić information content (AvgIpc) is 2.49. The summed E-state index contributed by atoms with van der Waals surface area (Å²) in [5, 5.41) is 0. The summed E-state index contributed by atoms with van der Waals surface area (Å²) < 4.78 is 40.7. The third-order valence-electron chi connectivity index (χ3n) is 1.49. The second kappa shape index (κ2) is 2.86. The first kappa shape index (κ1) is 8.79. The molecular formula is C7H4F3N3O. The second-order valence-electron chi connectivity index (χ2n) is 2.44. The van der Waals surface area contributed by atoms with Crippen LogP contribution in [0.4, 0.5) is 13.2 Å². The first-order valence-corrected chi connectivity index (χ1v) is 3.60. The molecule has 14 heavy (non-hydrogen) atoms. The van der Waals surface area contributed by atoms with E-state index in [0.29, 0.717) is 0 Å². The molecule has 0 spiro atoms. The Kier molecular flexibility index (Phi) is 1.80. The summed E-state index contributed by atoms with van der Waals surface area (Å²) in [6, 6.07) is 0. The molecule has 0 aliphatic rings. The molecule has 2 rings (SSSR count). The molecule has 0 amide bonds. The topological polar surface area (TPSA) is 39.4 Å². The summed E-state index contributed by atoms with van der Waals surface area (Å²) in [6.45, 7) is 0. The number of hydrogen-bond acceptors (Lipinski definition) is 3. The molecule has 0 radical (unpaired) electrons. The Bertz CT molecular complexity index is 451. The van der Waals surface area contributed by atoms with Crippen LogP contribution in [-0.4, -0.2) is 20.7 Å². The first-order valence-electron chi connectivity index (χ1n) is 3.60. The average molecular weight is 203 g/mol. The molecule has 2 aromatic heterocycles. The maximum atomic E-state index is 11.9. The summed E-state index contributed by atoms with van der Waals surface area (Å²) in [7, 11) is 0. The molecule has 0 fully saturated rings. The monoisotopic (exact) mass is 203 g/mol. The van der Waals surface area contributed by atoms with Crippen molar-refractivity contribution < 1.29 is 17.9 Å². The molecule has 2 heterocycles. The summed E-state index contributed by atoms with van der Waals surface area (Å²) in [6.07, 6.45) is 0.794. The van der Waals surface area contributed by atoms with Gasteiger partial charge >= 0.3 is 6.36 Å². The summed E-state index contributed by atoms with van der Waals surface area (Å²) in [5.74, 6) is -0.551. The van der Waals surface area contributed by atoms with Crippen molar-refractivity contribution in [1.82, 2.24) is 14.4 Å². The molecule has 4 nitrogen and oxygen atoms in total. The maximum Gasteiger partial charge on any atom is 0.574 e. The van der Waals surface area contributed by atoms with Crippen LogP contribution in [0.5, 0.6) is 5.88 Å². The van der Waals surface area contributed by atoms with Crippen molar-refractivity contribution in [3.05, 3.63) is 24.8 Å². The largest absolute Gasteiger partial charge is 0.574 e. The van der Waals surface area contributed by atoms with Crippen molar-refractivity contribution in [2.75, 3.05) is 0 Å². The zero-order valence-corrected chi connectivity index (χ0v) is 6.69. The molecule has 0 N–H and O–H groups in total. The van der Waals surface area contributed by atoms with Crippen LogP contribution in [0.1, 0.15) is 0 Å². The van der Waals surface area contributed by atoms with Crippen LogP contribution < -0.4 is 4.74 Å². The van der Waals surface area contributed by atoms with Crippen molar-refractivity contribution in [2.24, 2.45) is 0 Å². The highest BCUT2D eigenvalue weighted by atomic mass is 19.4. The van der Waals surface area contributed by atoms with E-state index in [-0.39, 0.29) is 5.65 Å². The molecule has 0 unspecified atom stereocenters. The van der Waals surface area contributed by atoms with E-state index in [4.69, 9.17) is 0 Å². The van der Waals surface area contributed by atoms with Gasteiger partial charge in [-0.05, 0) is 0 Å². The van der Waals surface area contributed by atoms with Crippen LogP contribution in [0, 0.1) is 0 Å². The number of alkyl halides is 3. The van der Waals surface area contributed by atoms with E-state index in [1.165, 1.54) is 29.2 Å². The number of aromatic nitrogens is 3. The number of ether oxygens (including phenoxy) is 1. The SMILES string of the molecule is FC(F)(F)Oc1nccn2ccnc12. The molecule has 7 heteroatoms. The summed E-state index contributed by atoms with van der Waals surface area (Å²) >= 11 is 0. The number of hydrogen-bond donors (Lipinski definition) is 0. The van der Waals surface area contributed by atoms with Crippen LogP contribution >= 0.6 is 0 Å². The number of rotatable bonds is 1. The van der Waals surface area contributed by atoms with Gasteiger partial charge in [-0.2, -0.15) is 0 Å². The van der Waals surface area contributed by atoms with E-state index >= 15 is 0 Å². The Morgan fingerprint density at radius 2 is 1.79 bits per heavy atom. The maximum absolute atomic E-state index is 11.9. The fourth-order valence-electron chi connectivity index (χ4n) is 1.01. The molecule has 0 saturated heterocycles.